The number of nitrogens with zero attached hydrogens (tertiary/aromatic N) is 3. The highest BCUT2D eigenvalue weighted by molar-refractivity contribution is 6.06. The monoisotopic (exact) mass is 352 g/mol. The number of benzene rings is 1. The number of aromatic nitrogens is 1. The zero-order chi connectivity index (χ0) is 18.5. The van der Waals surface area contributed by atoms with Crippen molar-refractivity contribution in [2.75, 3.05) is 38.0 Å². The number of likely N-dealkylation sites (N-methyl/N-ethyl adjacent to an activating group) is 1. The van der Waals surface area contributed by atoms with Crippen molar-refractivity contribution in [3.05, 3.63) is 59.4 Å². The first-order chi connectivity index (χ1) is 12.6. The van der Waals surface area contributed by atoms with Crippen LogP contribution in [0.25, 0.3) is 0 Å². The lowest BCUT2D eigenvalue weighted by atomic mass is 10.1. The van der Waals surface area contributed by atoms with Gasteiger partial charge >= 0.3 is 0 Å². The topological polar surface area (TPSA) is 65.5 Å². The van der Waals surface area contributed by atoms with Gasteiger partial charge in [-0.25, -0.2) is 0 Å². The quantitative estimate of drug-likeness (QED) is 0.918. The summed E-state index contributed by atoms with van der Waals surface area (Å²) in [5, 5.41) is 2.88. The van der Waals surface area contributed by atoms with Gasteiger partial charge in [0, 0.05) is 44.3 Å². The smallest absolute Gasteiger partial charge is 0.257 e. The number of hydrogen-bond acceptors (Lipinski definition) is 4. The average Bonchev–Trinajstić information content (AvgIpc) is 2.69. The molecule has 136 valence electrons. The van der Waals surface area contributed by atoms with E-state index in [1.54, 1.807) is 6.07 Å². The molecule has 1 N–H and O–H groups in total. The lowest BCUT2D eigenvalue weighted by Gasteiger charge is -2.34. The number of anilines is 1. The summed E-state index contributed by atoms with van der Waals surface area (Å²) in [4.78, 5) is 33.5. The molecular weight excluding hydrogens is 328 g/mol. The molecule has 1 fully saturated rings. The van der Waals surface area contributed by atoms with Crippen LogP contribution < -0.4 is 5.32 Å². The fourth-order valence-corrected chi connectivity index (χ4v) is 3.04. The van der Waals surface area contributed by atoms with Gasteiger partial charge in [-0.1, -0.05) is 25.1 Å². The lowest BCUT2D eigenvalue weighted by molar-refractivity contribution is 0.0643. The molecule has 0 atom stereocenters. The Morgan fingerprint density at radius 2 is 1.77 bits per heavy atom. The van der Waals surface area contributed by atoms with Gasteiger partial charge in [-0.3, -0.25) is 14.6 Å². The summed E-state index contributed by atoms with van der Waals surface area (Å²) in [6.45, 7) is 8.21. The number of piperazine rings is 1. The Balaban J connectivity index is 1.71. The van der Waals surface area contributed by atoms with Gasteiger partial charge in [0.05, 0.1) is 11.1 Å². The zero-order valence-corrected chi connectivity index (χ0v) is 15.2. The number of rotatable bonds is 4. The predicted molar refractivity (Wildman–Crippen MR) is 101 cm³/mol. The average molecular weight is 352 g/mol. The number of carbonyl (C=O) groups excluding carboxylic acids is 2. The second-order valence-electron chi connectivity index (χ2n) is 6.46. The van der Waals surface area contributed by atoms with E-state index in [1.807, 2.05) is 36.1 Å². The van der Waals surface area contributed by atoms with E-state index >= 15 is 0 Å². The number of aryl methyl sites for hydroxylation is 1. The fraction of sp³-hybridized carbons (Fsp3) is 0.350. The van der Waals surface area contributed by atoms with Crippen LogP contribution in [0, 0.1) is 6.92 Å². The molecule has 1 aromatic heterocycles. The maximum Gasteiger partial charge on any atom is 0.257 e. The van der Waals surface area contributed by atoms with Gasteiger partial charge in [-0.15, -0.1) is 0 Å². The molecule has 6 heteroatoms. The molecule has 0 aliphatic carbocycles. The molecule has 1 saturated heterocycles. The molecule has 6 nitrogen and oxygen atoms in total. The number of para-hydroxylation sites is 1. The molecule has 0 saturated carbocycles. The van der Waals surface area contributed by atoms with Crippen LogP contribution in [0.4, 0.5) is 5.69 Å². The van der Waals surface area contributed by atoms with Crippen LogP contribution in [0.1, 0.15) is 33.2 Å². The molecule has 2 amide bonds. The molecule has 0 bridgehead atoms. The van der Waals surface area contributed by atoms with Crippen molar-refractivity contribution in [1.82, 2.24) is 14.8 Å². The van der Waals surface area contributed by atoms with Gasteiger partial charge in [0.25, 0.3) is 11.8 Å². The van der Waals surface area contributed by atoms with E-state index in [1.165, 1.54) is 12.4 Å². The molecular formula is C20H24N4O2. The molecule has 1 aliphatic heterocycles. The molecule has 1 aliphatic rings. The highest BCUT2D eigenvalue weighted by atomic mass is 16.2. The van der Waals surface area contributed by atoms with Crippen LogP contribution in [0.3, 0.4) is 0 Å². The van der Waals surface area contributed by atoms with E-state index in [0.717, 1.165) is 30.9 Å². The molecule has 1 aromatic carbocycles. The van der Waals surface area contributed by atoms with E-state index in [0.29, 0.717) is 24.2 Å². The maximum absolute atomic E-state index is 12.7. The minimum absolute atomic E-state index is 0.0706. The van der Waals surface area contributed by atoms with E-state index < -0.39 is 0 Å². The van der Waals surface area contributed by atoms with E-state index in [-0.39, 0.29) is 11.8 Å². The number of hydrogen-bond donors (Lipinski definition) is 1. The van der Waals surface area contributed by atoms with Crippen molar-refractivity contribution in [2.24, 2.45) is 0 Å². The van der Waals surface area contributed by atoms with Crippen molar-refractivity contribution in [3.63, 3.8) is 0 Å². The van der Waals surface area contributed by atoms with Crippen molar-refractivity contribution < 1.29 is 9.59 Å². The summed E-state index contributed by atoms with van der Waals surface area (Å²) in [7, 11) is 0. The van der Waals surface area contributed by atoms with Crippen LogP contribution in [0.2, 0.25) is 0 Å². The SMILES string of the molecule is CCN1CCN(C(=O)c2cncc(C(=O)Nc3ccccc3C)c2)CC1. The van der Waals surface area contributed by atoms with Crippen molar-refractivity contribution >= 4 is 17.5 Å². The number of carbonyl (C=O) groups is 2. The van der Waals surface area contributed by atoms with Crippen LogP contribution in [0.5, 0.6) is 0 Å². The first-order valence-corrected chi connectivity index (χ1v) is 8.92. The summed E-state index contributed by atoms with van der Waals surface area (Å²) >= 11 is 0. The fourth-order valence-electron chi connectivity index (χ4n) is 3.04. The Hall–Kier alpha value is -2.73. The summed E-state index contributed by atoms with van der Waals surface area (Å²) in [5.74, 6) is -0.337. The van der Waals surface area contributed by atoms with Crippen LogP contribution >= 0.6 is 0 Å². The van der Waals surface area contributed by atoms with Crippen LogP contribution in [0.15, 0.2) is 42.7 Å². The number of pyridine rings is 1. The molecule has 0 radical (unpaired) electrons. The minimum atomic E-state index is -0.266. The van der Waals surface area contributed by atoms with Gasteiger partial charge in [0.2, 0.25) is 0 Å². The van der Waals surface area contributed by atoms with Gasteiger partial charge in [-0.2, -0.15) is 0 Å². The highest BCUT2D eigenvalue weighted by Crippen LogP contribution is 2.15. The lowest BCUT2D eigenvalue weighted by Crippen LogP contribution is -2.48. The van der Waals surface area contributed by atoms with E-state index in [9.17, 15) is 9.59 Å². The second kappa shape index (κ2) is 8.10. The third-order valence-electron chi connectivity index (χ3n) is 4.75. The first-order valence-electron chi connectivity index (χ1n) is 8.92. The molecule has 26 heavy (non-hydrogen) atoms. The summed E-state index contributed by atoms with van der Waals surface area (Å²) in [6, 6.07) is 9.20. The Labute approximate surface area is 153 Å². The van der Waals surface area contributed by atoms with Crippen molar-refractivity contribution in [2.45, 2.75) is 13.8 Å². The molecule has 0 spiro atoms. The van der Waals surface area contributed by atoms with E-state index in [4.69, 9.17) is 0 Å². The van der Waals surface area contributed by atoms with Gasteiger partial charge in [-0.05, 0) is 31.2 Å². The standard InChI is InChI=1S/C20H24N4O2/c1-3-23-8-10-24(11-9-23)20(26)17-12-16(13-21-14-17)19(25)22-18-7-5-4-6-15(18)2/h4-7,12-14H,3,8-11H2,1-2H3,(H,22,25). The number of amides is 2. The Bertz CT molecular complexity index is 798. The number of nitrogens with one attached hydrogen (secondary N) is 1. The maximum atomic E-state index is 12.7. The van der Waals surface area contributed by atoms with Gasteiger partial charge in [0.1, 0.15) is 0 Å². The van der Waals surface area contributed by atoms with Crippen LogP contribution in [-0.2, 0) is 0 Å². The summed E-state index contributed by atoms with van der Waals surface area (Å²) < 4.78 is 0. The Kier molecular flexibility index (Phi) is 5.63. The van der Waals surface area contributed by atoms with Crippen LogP contribution in [-0.4, -0.2) is 59.3 Å². The molecule has 2 aromatic rings. The normalized spacial score (nSPS) is 14.9. The summed E-state index contributed by atoms with van der Waals surface area (Å²) in [5.41, 5.74) is 2.57. The highest BCUT2D eigenvalue weighted by Gasteiger charge is 2.22. The van der Waals surface area contributed by atoms with Gasteiger partial charge in [0.15, 0.2) is 0 Å². The summed E-state index contributed by atoms with van der Waals surface area (Å²) in [6.07, 6.45) is 3.01. The van der Waals surface area contributed by atoms with Gasteiger partial charge < -0.3 is 15.1 Å². The Morgan fingerprint density at radius 1 is 1.08 bits per heavy atom. The van der Waals surface area contributed by atoms with Crippen molar-refractivity contribution in [3.8, 4) is 0 Å². The zero-order valence-electron chi connectivity index (χ0n) is 15.2. The Morgan fingerprint density at radius 3 is 2.46 bits per heavy atom. The second-order valence-corrected chi connectivity index (χ2v) is 6.46. The largest absolute Gasteiger partial charge is 0.336 e. The van der Waals surface area contributed by atoms with E-state index in [2.05, 4.69) is 22.1 Å². The van der Waals surface area contributed by atoms with Crippen molar-refractivity contribution in [1.29, 1.82) is 0 Å². The minimum Gasteiger partial charge on any atom is -0.336 e. The molecule has 2 heterocycles. The third kappa shape index (κ3) is 4.08. The first kappa shape index (κ1) is 18.1. The third-order valence-corrected chi connectivity index (χ3v) is 4.75. The predicted octanol–water partition coefficient (Wildman–Crippen LogP) is 2.42. The molecule has 0 unspecified atom stereocenters. The molecule has 3 rings (SSSR count).